The summed E-state index contributed by atoms with van der Waals surface area (Å²) in [7, 11) is 0. The Morgan fingerprint density at radius 2 is 1.93 bits per heavy atom. The summed E-state index contributed by atoms with van der Waals surface area (Å²) in [6.07, 6.45) is 2.32. The van der Waals surface area contributed by atoms with Gasteiger partial charge in [0.25, 0.3) is 0 Å². The van der Waals surface area contributed by atoms with Crippen molar-refractivity contribution in [1.82, 2.24) is 5.06 Å². The highest BCUT2D eigenvalue weighted by Crippen LogP contribution is 2.08. The van der Waals surface area contributed by atoms with Gasteiger partial charge in [0.1, 0.15) is 6.04 Å². The van der Waals surface area contributed by atoms with Crippen LogP contribution in [-0.4, -0.2) is 30.4 Å². The van der Waals surface area contributed by atoms with Gasteiger partial charge in [-0.05, 0) is 11.8 Å². The van der Waals surface area contributed by atoms with Crippen LogP contribution in [0.1, 0.15) is 27.7 Å². The van der Waals surface area contributed by atoms with E-state index < -0.39 is 6.04 Å². The van der Waals surface area contributed by atoms with Gasteiger partial charge in [0.15, 0.2) is 0 Å². The van der Waals surface area contributed by atoms with Crippen LogP contribution in [0.3, 0.4) is 0 Å². The normalized spacial score (nSPS) is 13.0. The Labute approximate surface area is 85.2 Å². The molecular formula is C10H18NO3. The van der Waals surface area contributed by atoms with Crippen LogP contribution < -0.4 is 0 Å². The Morgan fingerprint density at radius 3 is 2.21 bits per heavy atom. The third-order valence-corrected chi connectivity index (χ3v) is 1.69. The molecule has 0 bridgehead atoms. The zero-order valence-corrected chi connectivity index (χ0v) is 9.19. The van der Waals surface area contributed by atoms with E-state index in [0.29, 0.717) is 18.9 Å². The van der Waals surface area contributed by atoms with E-state index >= 15 is 0 Å². The molecule has 0 heterocycles. The van der Waals surface area contributed by atoms with Gasteiger partial charge in [0, 0.05) is 0 Å². The van der Waals surface area contributed by atoms with Crippen molar-refractivity contribution < 1.29 is 14.4 Å². The summed E-state index contributed by atoms with van der Waals surface area (Å²) in [5, 5.41) is 1.04. The number of nitrogens with zero attached hydrogens (tertiary/aromatic N) is 1. The number of hydroxylamine groups is 2. The van der Waals surface area contributed by atoms with Crippen LogP contribution in [0.25, 0.3) is 0 Å². The lowest BCUT2D eigenvalue weighted by molar-refractivity contribution is -0.186. The van der Waals surface area contributed by atoms with Crippen molar-refractivity contribution in [2.45, 2.75) is 33.7 Å². The van der Waals surface area contributed by atoms with E-state index in [0.717, 1.165) is 5.06 Å². The van der Waals surface area contributed by atoms with Crippen LogP contribution >= 0.6 is 0 Å². The molecule has 0 fully saturated rings. The van der Waals surface area contributed by atoms with Gasteiger partial charge in [-0.1, -0.05) is 27.7 Å². The zero-order valence-electron chi connectivity index (χ0n) is 9.19. The highest BCUT2D eigenvalue weighted by molar-refractivity contribution is 5.63. The van der Waals surface area contributed by atoms with Crippen LogP contribution in [-0.2, 0) is 14.4 Å². The predicted molar refractivity (Wildman–Crippen MR) is 53.0 cm³/mol. The number of rotatable bonds is 7. The Bertz CT molecular complexity index is 180. The third-order valence-electron chi connectivity index (χ3n) is 1.69. The van der Waals surface area contributed by atoms with Crippen molar-refractivity contribution in [3.05, 3.63) is 0 Å². The van der Waals surface area contributed by atoms with Gasteiger partial charge < -0.3 is 0 Å². The molecule has 14 heavy (non-hydrogen) atoms. The first-order valence-electron chi connectivity index (χ1n) is 4.77. The standard InChI is InChI=1S/C10H18NO3/c1-8(2)6-14-11(7-13)10(5-12)9(3)4/h7-10H,6H2,1-4H3/t10-/m1/s1. The quantitative estimate of drug-likeness (QED) is 0.457. The molecule has 0 aliphatic heterocycles. The molecule has 4 heteroatoms. The molecule has 0 aliphatic rings. The Hall–Kier alpha value is -0.900. The molecular weight excluding hydrogens is 182 g/mol. The molecule has 0 aliphatic carbocycles. The third kappa shape index (κ3) is 4.37. The SMILES string of the molecule is CC(C)CON(C=O)[C@H]([C]=O)C(C)C. The summed E-state index contributed by atoms with van der Waals surface area (Å²) in [6.45, 7) is 8.04. The van der Waals surface area contributed by atoms with Crippen LogP contribution in [0.4, 0.5) is 0 Å². The van der Waals surface area contributed by atoms with Crippen molar-refractivity contribution in [2.75, 3.05) is 6.61 Å². The molecule has 0 N–H and O–H groups in total. The van der Waals surface area contributed by atoms with E-state index in [9.17, 15) is 9.59 Å². The summed E-state index contributed by atoms with van der Waals surface area (Å²) in [4.78, 5) is 26.4. The lowest BCUT2D eigenvalue weighted by Crippen LogP contribution is -2.40. The molecule has 1 atom stereocenters. The number of amides is 1. The monoisotopic (exact) mass is 200 g/mol. The molecule has 0 aromatic carbocycles. The highest BCUT2D eigenvalue weighted by Gasteiger charge is 2.22. The maximum absolute atomic E-state index is 10.6. The van der Waals surface area contributed by atoms with Gasteiger partial charge in [0.05, 0.1) is 6.61 Å². The van der Waals surface area contributed by atoms with E-state index in [2.05, 4.69) is 0 Å². The molecule has 0 unspecified atom stereocenters. The second-order valence-electron chi connectivity index (χ2n) is 3.96. The fourth-order valence-electron chi connectivity index (χ4n) is 0.893. The number of carbonyl (C=O) groups excluding carboxylic acids is 2. The fraction of sp³-hybridized carbons (Fsp3) is 0.800. The Morgan fingerprint density at radius 1 is 1.36 bits per heavy atom. The van der Waals surface area contributed by atoms with Gasteiger partial charge in [-0.15, -0.1) is 0 Å². The second kappa shape index (κ2) is 6.54. The molecule has 81 valence electrons. The average Bonchev–Trinajstić information content (AvgIpc) is 2.10. The van der Waals surface area contributed by atoms with E-state index in [1.807, 2.05) is 27.7 Å². The molecule has 0 aromatic heterocycles. The minimum absolute atomic E-state index is 0.00450. The van der Waals surface area contributed by atoms with Crippen molar-refractivity contribution in [3.8, 4) is 0 Å². The summed E-state index contributed by atoms with van der Waals surface area (Å²) in [5.74, 6) is 0.321. The maximum Gasteiger partial charge on any atom is 0.234 e. The van der Waals surface area contributed by atoms with E-state index in [4.69, 9.17) is 4.84 Å². The fourth-order valence-corrected chi connectivity index (χ4v) is 0.893. The van der Waals surface area contributed by atoms with E-state index in [-0.39, 0.29) is 5.92 Å². The summed E-state index contributed by atoms with van der Waals surface area (Å²) in [6, 6.07) is -0.619. The first-order valence-corrected chi connectivity index (χ1v) is 4.77. The van der Waals surface area contributed by atoms with Gasteiger partial charge in [-0.25, -0.2) is 5.06 Å². The van der Waals surface area contributed by atoms with Crippen LogP contribution in [0.2, 0.25) is 0 Å². The van der Waals surface area contributed by atoms with Gasteiger partial charge in [-0.2, -0.15) is 0 Å². The maximum atomic E-state index is 10.6. The number of carbonyl (C=O) groups is 1. The lowest BCUT2D eigenvalue weighted by Gasteiger charge is -2.25. The van der Waals surface area contributed by atoms with Crippen LogP contribution in [0.5, 0.6) is 0 Å². The van der Waals surface area contributed by atoms with Crippen molar-refractivity contribution in [1.29, 1.82) is 0 Å². The predicted octanol–water partition coefficient (Wildman–Crippen LogP) is 1.17. The minimum Gasteiger partial charge on any atom is -0.288 e. The van der Waals surface area contributed by atoms with Crippen LogP contribution in [0.15, 0.2) is 0 Å². The molecule has 1 radical (unpaired) electrons. The van der Waals surface area contributed by atoms with Crippen molar-refractivity contribution in [2.24, 2.45) is 11.8 Å². The van der Waals surface area contributed by atoms with Crippen molar-refractivity contribution in [3.63, 3.8) is 0 Å². The first kappa shape index (κ1) is 13.1. The first-order chi connectivity index (χ1) is 6.52. The largest absolute Gasteiger partial charge is 0.288 e. The van der Waals surface area contributed by atoms with E-state index in [1.54, 1.807) is 6.29 Å². The van der Waals surface area contributed by atoms with Crippen molar-refractivity contribution >= 4 is 12.7 Å². The van der Waals surface area contributed by atoms with Gasteiger partial charge in [0.2, 0.25) is 12.7 Å². The lowest BCUT2D eigenvalue weighted by atomic mass is 10.1. The summed E-state index contributed by atoms with van der Waals surface area (Å²) < 4.78 is 0. The second-order valence-corrected chi connectivity index (χ2v) is 3.96. The van der Waals surface area contributed by atoms with E-state index in [1.165, 1.54) is 0 Å². The molecule has 0 saturated heterocycles. The molecule has 0 spiro atoms. The average molecular weight is 200 g/mol. The summed E-state index contributed by atoms with van der Waals surface area (Å²) >= 11 is 0. The van der Waals surface area contributed by atoms with Crippen LogP contribution in [0, 0.1) is 11.8 Å². The molecule has 0 rings (SSSR count). The molecule has 0 aromatic rings. The topological polar surface area (TPSA) is 46.6 Å². The number of hydrogen-bond donors (Lipinski definition) is 0. The minimum atomic E-state index is -0.619. The number of hydrogen-bond acceptors (Lipinski definition) is 3. The molecule has 1 amide bonds. The Balaban J connectivity index is 4.22. The molecule has 4 nitrogen and oxygen atoms in total. The van der Waals surface area contributed by atoms with Gasteiger partial charge >= 0.3 is 0 Å². The summed E-state index contributed by atoms with van der Waals surface area (Å²) in [5.41, 5.74) is 0. The zero-order chi connectivity index (χ0) is 11.1. The molecule has 0 saturated carbocycles. The smallest absolute Gasteiger partial charge is 0.234 e. The highest BCUT2D eigenvalue weighted by atomic mass is 16.7. The van der Waals surface area contributed by atoms with Gasteiger partial charge in [-0.3, -0.25) is 14.4 Å². The Kier molecular flexibility index (Phi) is 6.12.